The summed E-state index contributed by atoms with van der Waals surface area (Å²) in [5, 5.41) is 10.4. The van der Waals surface area contributed by atoms with E-state index in [0.29, 0.717) is 32.1 Å². The van der Waals surface area contributed by atoms with Crippen molar-refractivity contribution in [3.63, 3.8) is 0 Å². The molecule has 2 heterocycles. The summed E-state index contributed by atoms with van der Waals surface area (Å²) < 4.78 is 16.3. The predicted molar refractivity (Wildman–Crippen MR) is 98.7 cm³/mol. The zero-order valence-corrected chi connectivity index (χ0v) is 15.9. The maximum Gasteiger partial charge on any atom is 0.227 e. The Balaban J connectivity index is 1.89. The summed E-state index contributed by atoms with van der Waals surface area (Å²) in [6.45, 7) is 2.40. The van der Waals surface area contributed by atoms with Crippen LogP contribution in [0.5, 0.6) is 5.75 Å². The summed E-state index contributed by atoms with van der Waals surface area (Å²) in [5.41, 5.74) is -0.483. The number of amides is 1. The smallest absolute Gasteiger partial charge is 0.227 e. The summed E-state index contributed by atoms with van der Waals surface area (Å²) >= 11 is 0. The van der Waals surface area contributed by atoms with Gasteiger partial charge in [-0.2, -0.15) is 0 Å². The Morgan fingerprint density at radius 2 is 2.00 bits per heavy atom. The molecule has 2 fully saturated rings. The molecule has 1 atom stereocenters. The van der Waals surface area contributed by atoms with Crippen molar-refractivity contribution >= 4 is 5.91 Å². The van der Waals surface area contributed by atoms with Gasteiger partial charge in [0.2, 0.25) is 17.1 Å². The molecule has 1 aromatic heterocycles. The molecule has 0 aromatic carbocycles. The number of aromatic hydroxyl groups is 1. The van der Waals surface area contributed by atoms with Crippen molar-refractivity contribution in [1.29, 1.82) is 0 Å². The first-order chi connectivity index (χ1) is 13.1. The highest BCUT2D eigenvalue weighted by molar-refractivity contribution is 5.77. The first-order valence-electron chi connectivity index (χ1n) is 9.80. The van der Waals surface area contributed by atoms with Crippen LogP contribution in [0.4, 0.5) is 0 Å². The lowest BCUT2D eigenvalue weighted by Crippen LogP contribution is -2.41. The van der Waals surface area contributed by atoms with E-state index in [1.54, 1.807) is 4.90 Å². The molecule has 3 rings (SSSR count). The number of rotatable bonds is 6. The average Bonchev–Trinajstić information content (AvgIpc) is 2.70. The van der Waals surface area contributed by atoms with Gasteiger partial charge in [0.05, 0.1) is 13.2 Å². The summed E-state index contributed by atoms with van der Waals surface area (Å²) in [5.74, 6) is 0.173. The Morgan fingerprint density at radius 3 is 2.67 bits per heavy atom. The first kappa shape index (κ1) is 19.9. The molecular formula is C20H29NO6. The highest BCUT2D eigenvalue weighted by atomic mass is 16.5. The predicted octanol–water partition coefficient (Wildman–Crippen LogP) is 2.40. The second-order valence-corrected chi connectivity index (χ2v) is 7.42. The van der Waals surface area contributed by atoms with Gasteiger partial charge in [0, 0.05) is 38.6 Å². The van der Waals surface area contributed by atoms with Gasteiger partial charge in [0.1, 0.15) is 12.4 Å². The van der Waals surface area contributed by atoms with Crippen molar-refractivity contribution in [3.8, 4) is 5.75 Å². The summed E-state index contributed by atoms with van der Waals surface area (Å²) in [6.07, 6.45) is 5.54. The molecule has 1 saturated carbocycles. The van der Waals surface area contributed by atoms with Gasteiger partial charge in [-0.05, 0) is 18.8 Å². The van der Waals surface area contributed by atoms with Crippen LogP contribution in [0.1, 0.15) is 56.0 Å². The van der Waals surface area contributed by atoms with Crippen LogP contribution in [0.25, 0.3) is 0 Å². The van der Waals surface area contributed by atoms with Gasteiger partial charge < -0.3 is 23.9 Å². The largest absolute Gasteiger partial charge is 0.502 e. The van der Waals surface area contributed by atoms with Crippen molar-refractivity contribution in [2.45, 2.75) is 51.0 Å². The molecule has 27 heavy (non-hydrogen) atoms. The summed E-state index contributed by atoms with van der Waals surface area (Å²) in [4.78, 5) is 26.9. The van der Waals surface area contributed by atoms with Crippen molar-refractivity contribution in [2.24, 2.45) is 5.92 Å². The van der Waals surface area contributed by atoms with Crippen molar-refractivity contribution in [1.82, 2.24) is 4.90 Å². The zero-order valence-electron chi connectivity index (χ0n) is 15.9. The number of methoxy groups -OCH3 is 1. The Labute approximate surface area is 159 Å². The third kappa shape index (κ3) is 4.90. The number of carbonyl (C=O) groups excluding carboxylic acids is 1. The van der Waals surface area contributed by atoms with Crippen LogP contribution in [-0.2, 0) is 20.9 Å². The highest BCUT2D eigenvalue weighted by Crippen LogP contribution is 2.41. The molecule has 7 heteroatoms. The van der Waals surface area contributed by atoms with E-state index in [4.69, 9.17) is 13.9 Å². The topological polar surface area (TPSA) is 89.2 Å². The van der Waals surface area contributed by atoms with Crippen molar-refractivity contribution in [2.75, 3.05) is 33.4 Å². The van der Waals surface area contributed by atoms with E-state index in [0.717, 1.165) is 25.7 Å². The van der Waals surface area contributed by atoms with Crippen LogP contribution >= 0.6 is 0 Å². The molecule has 2 aliphatic rings. The van der Waals surface area contributed by atoms with E-state index < -0.39 is 5.43 Å². The van der Waals surface area contributed by atoms with Crippen LogP contribution in [0.3, 0.4) is 0 Å². The minimum absolute atomic E-state index is 0.0214. The van der Waals surface area contributed by atoms with Gasteiger partial charge >= 0.3 is 0 Å². The van der Waals surface area contributed by atoms with Gasteiger partial charge in [0.15, 0.2) is 5.76 Å². The number of hydrogen-bond acceptors (Lipinski definition) is 6. The van der Waals surface area contributed by atoms with E-state index in [1.165, 1.54) is 19.6 Å². The van der Waals surface area contributed by atoms with E-state index in [1.807, 2.05) is 0 Å². The highest BCUT2D eigenvalue weighted by Gasteiger charge is 2.33. The van der Waals surface area contributed by atoms with Crippen LogP contribution in [0.15, 0.2) is 15.3 Å². The van der Waals surface area contributed by atoms with Crippen molar-refractivity contribution < 1.29 is 23.8 Å². The number of hydrogen-bond donors (Lipinski definition) is 1. The minimum Gasteiger partial charge on any atom is -0.502 e. The second kappa shape index (κ2) is 9.37. The fourth-order valence-corrected chi connectivity index (χ4v) is 4.16. The monoisotopic (exact) mass is 379 g/mol. The summed E-state index contributed by atoms with van der Waals surface area (Å²) in [7, 11) is 1.52. The Hall–Kier alpha value is -1.86. The molecule has 0 radical (unpaired) electrons. The SMILES string of the molecule is COCc1cc(=O)c(O)c([C@H](CC(=O)N2CCOCC2)C2CCCCC2)o1. The lowest BCUT2D eigenvalue weighted by Gasteiger charge is -2.32. The van der Waals surface area contributed by atoms with Gasteiger partial charge in [-0.3, -0.25) is 9.59 Å². The Bertz CT molecular complexity index is 688. The molecule has 0 bridgehead atoms. The number of carbonyl (C=O) groups is 1. The third-order valence-electron chi connectivity index (χ3n) is 5.60. The molecule has 7 nitrogen and oxygen atoms in total. The first-order valence-corrected chi connectivity index (χ1v) is 9.80. The number of morpholine rings is 1. The van der Waals surface area contributed by atoms with Crippen LogP contribution in [0, 0.1) is 5.92 Å². The summed E-state index contributed by atoms with van der Waals surface area (Å²) in [6, 6.07) is 1.25. The maximum absolute atomic E-state index is 12.9. The van der Waals surface area contributed by atoms with Gasteiger partial charge in [-0.1, -0.05) is 19.3 Å². The molecule has 150 valence electrons. The molecule has 1 saturated heterocycles. The van der Waals surface area contributed by atoms with Crippen LogP contribution in [-0.4, -0.2) is 49.3 Å². The van der Waals surface area contributed by atoms with Crippen LogP contribution < -0.4 is 5.43 Å². The number of ether oxygens (including phenoxy) is 2. The quantitative estimate of drug-likeness (QED) is 0.816. The lowest BCUT2D eigenvalue weighted by atomic mass is 9.77. The molecule has 1 aliphatic carbocycles. The van der Waals surface area contributed by atoms with E-state index in [2.05, 4.69) is 0 Å². The van der Waals surface area contributed by atoms with Crippen molar-refractivity contribution in [3.05, 3.63) is 27.8 Å². The van der Waals surface area contributed by atoms with E-state index in [-0.39, 0.29) is 42.3 Å². The molecule has 1 N–H and O–H groups in total. The van der Waals surface area contributed by atoms with E-state index >= 15 is 0 Å². The van der Waals surface area contributed by atoms with E-state index in [9.17, 15) is 14.7 Å². The zero-order chi connectivity index (χ0) is 19.2. The van der Waals surface area contributed by atoms with Gasteiger partial charge in [-0.15, -0.1) is 0 Å². The molecule has 0 spiro atoms. The fourth-order valence-electron chi connectivity index (χ4n) is 4.16. The van der Waals surface area contributed by atoms with Crippen LogP contribution in [0.2, 0.25) is 0 Å². The fraction of sp³-hybridized carbons (Fsp3) is 0.700. The Kier molecular flexibility index (Phi) is 6.90. The minimum atomic E-state index is -0.483. The third-order valence-corrected chi connectivity index (χ3v) is 5.60. The molecule has 0 unspecified atom stereocenters. The van der Waals surface area contributed by atoms with Gasteiger partial charge in [0.25, 0.3) is 0 Å². The molecule has 1 amide bonds. The molecule has 1 aromatic rings. The average molecular weight is 379 g/mol. The lowest BCUT2D eigenvalue weighted by molar-refractivity contribution is -0.136. The Morgan fingerprint density at radius 1 is 1.30 bits per heavy atom. The number of nitrogens with zero attached hydrogens (tertiary/aromatic N) is 1. The molecule has 1 aliphatic heterocycles. The van der Waals surface area contributed by atoms with Gasteiger partial charge in [-0.25, -0.2) is 0 Å². The standard InChI is InChI=1S/C20H29NO6/c1-25-13-15-11-17(22)19(24)20(27-15)16(14-5-3-2-4-6-14)12-18(23)21-7-9-26-10-8-21/h11,14,16,24H,2-10,12-13H2,1H3/t16-/m1/s1. The maximum atomic E-state index is 12.9. The normalized spacial score (nSPS) is 19.8. The molecular weight excluding hydrogens is 350 g/mol. The second-order valence-electron chi connectivity index (χ2n) is 7.42.